The number of ether oxygens (including phenoxy) is 1. The molecule has 0 saturated carbocycles. The van der Waals surface area contributed by atoms with Crippen LogP contribution in [-0.4, -0.2) is 17.3 Å². The Hall–Kier alpha value is -1.51. The minimum atomic E-state index is -0.487. The summed E-state index contributed by atoms with van der Waals surface area (Å²) < 4.78 is 5.22. The molecule has 0 aromatic heterocycles. The third-order valence-electron chi connectivity index (χ3n) is 2.17. The Kier molecular flexibility index (Phi) is 5.40. The highest BCUT2D eigenvalue weighted by atomic mass is 32.2. The van der Waals surface area contributed by atoms with Crippen LogP contribution in [0.3, 0.4) is 0 Å². The fourth-order valence-electron chi connectivity index (χ4n) is 1.42. The molecule has 0 amide bonds. The summed E-state index contributed by atoms with van der Waals surface area (Å²) >= 11 is 1.30. The minimum Gasteiger partial charge on any atom is -0.459 e. The molecule has 4 nitrogen and oxygen atoms in total. The first-order valence-corrected chi connectivity index (χ1v) is 6.92. The lowest BCUT2D eigenvalue weighted by Gasteiger charge is -2.19. The molecule has 0 unspecified atom stereocenters. The van der Waals surface area contributed by atoms with Gasteiger partial charge in [0.1, 0.15) is 11.7 Å². The number of hydrogen-bond acceptors (Lipinski definition) is 5. The van der Waals surface area contributed by atoms with Crippen LogP contribution < -0.4 is 5.73 Å². The van der Waals surface area contributed by atoms with Gasteiger partial charge >= 0.3 is 5.97 Å². The van der Waals surface area contributed by atoms with Gasteiger partial charge in [0.05, 0.1) is 11.3 Å². The Morgan fingerprint density at radius 2 is 2.16 bits per heavy atom. The van der Waals surface area contributed by atoms with Crippen LogP contribution in [0.4, 0.5) is 0 Å². The molecule has 0 atom stereocenters. The lowest BCUT2D eigenvalue weighted by molar-refractivity contribution is -0.151. The summed E-state index contributed by atoms with van der Waals surface area (Å²) in [6.45, 7) is 5.87. The number of nitriles is 1. The second-order valence-corrected chi connectivity index (χ2v) is 6.04. The normalized spacial score (nSPS) is 10.9. The van der Waals surface area contributed by atoms with Crippen molar-refractivity contribution < 1.29 is 9.53 Å². The number of nitrogens with two attached hydrogens (primary N) is 1. The van der Waals surface area contributed by atoms with Crippen molar-refractivity contribution >= 4 is 17.7 Å². The van der Waals surface area contributed by atoms with Crippen molar-refractivity contribution in [3.8, 4) is 6.07 Å². The van der Waals surface area contributed by atoms with E-state index in [0.717, 1.165) is 10.5 Å². The maximum Gasteiger partial charge on any atom is 0.316 e. The van der Waals surface area contributed by atoms with Crippen LogP contribution in [0.15, 0.2) is 23.1 Å². The molecule has 1 aromatic carbocycles. The number of carbonyl (C=O) groups excluding carboxylic acids is 1. The molecule has 0 heterocycles. The second kappa shape index (κ2) is 6.60. The van der Waals surface area contributed by atoms with Crippen LogP contribution in [0.1, 0.15) is 31.9 Å². The minimum absolute atomic E-state index is 0.188. The summed E-state index contributed by atoms with van der Waals surface area (Å²) in [5.74, 6) is -0.0993. The highest BCUT2D eigenvalue weighted by Gasteiger charge is 2.16. The van der Waals surface area contributed by atoms with Gasteiger partial charge in [-0.3, -0.25) is 4.79 Å². The maximum absolute atomic E-state index is 11.6. The van der Waals surface area contributed by atoms with Gasteiger partial charge in [-0.2, -0.15) is 5.26 Å². The van der Waals surface area contributed by atoms with Crippen LogP contribution in [0, 0.1) is 11.3 Å². The number of carbonyl (C=O) groups is 1. The quantitative estimate of drug-likeness (QED) is 0.676. The van der Waals surface area contributed by atoms with Crippen molar-refractivity contribution in [1.82, 2.24) is 0 Å². The van der Waals surface area contributed by atoms with Crippen molar-refractivity contribution in [2.75, 3.05) is 5.75 Å². The second-order valence-electron chi connectivity index (χ2n) is 5.02. The molecule has 19 heavy (non-hydrogen) atoms. The third-order valence-corrected chi connectivity index (χ3v) is 3.21. The Bertz CT molecular complexity index is 501. The monoisotopic (exact) mass is 278 g/mol. The van der Waals surface area contributed by atoms with Gasteiger partial charge in [-0.25, -0.2) is 0 Å². The van der Waals surface area contributed by atoms with Gasteiger partial charge in [-0.1, -0.05) is 6.07 Å². The van der Waals surface area contributed by atoms with Gasteiger partial charge in [0.2, 0.25) is 0 Å². The number of rotatable bonds is 4. The van der Waals surface area contributed by atoms with Gasteiger partial charge in [-0.15, -0.1) is 11.8 Å². The zero-order valence-electron chi connectivity index (χ0n) is 11.4. The maximum atomic E-state index is 11.6. The lowest BCUT2D eigenvalue weighted by atomic mass is 10.1. The summed E-state index contributed by atoms with van der Waals surface area (Å²) in [4.78, 5) is 12.4. The van der Waals surface area contributed by atoms with E-state index >= 15 is 0 Å². The molecule has 102 valence electrons. The molecule has 0 aliphatic heterocycles. The zero-order valence-corrected chi connectivity index (χ0v) is 12.2. The highest BCUT2D eigenvalue weighted by Crippen LogP contribution is 2.24. The first kappa shape index (κ1) is 15.5. The number of esters is 1. The molecule has 0 bridgehead atoms. The third kappa shape index (κ3) is 5.33. The smallest absolute Gasteiger partial charge is 0.316 e. The summed E-state index contributed by atoms with van der Waals surface area (Å²) in [7, 11) is 0. The number of benzene rings is 1. The summed E-state index contributed by atoms with van der Waals surface area (Å²) in [5.41, 5.74) is 6.48. The summed E-state index contributed by atoms with van der Waals surface area (Å²) in [5, 5.41) is 9.07. The lowest BCUT2D eigenvalue weighted by Crippen LogP contribution is -2.24. The number of thioether (sulfide) groups is 1. The van der Waals surface area contributed by atoms with Crippen molar-refractivity contribution in [3.05, 3.63) is 29.3 Å². The Balaban J connectivity index is 2.68. The topological polar surface area (TPSA) is 76.1 Å². The summed E-state index contributed by atoms with van der Waals surface area (Å²) in [6.07, 6.45) is 0. The van der Waals surface area contributed by atoms with E-state index in [9.17, 15) is 4.79 Å². The van der Waals surface area contributed by atoms with Crippen LogP contribution in [0.5, 0.6) is 0 Å². The van der Waals surface area contributed by atoms with Crippen molar-refractivity contribution in [1.29, 1.82) is 5.26 Å². The molecule has 1 rings (SSSR count). The van der Waals surface area contributed by atoms with Gasteiger partial charge in [0, 0.05) is 11.4 Å². The fourth-order valence-corrected chi connectivity index (χ4v) is 2.18. The SMILES string of the molecule is CC(C)(C)OC(=O)CSc1ccc(CN)cc1C#N. The van der Waals surface area contributed by atoms with Gasteiger partial charge in [-0.05, 0) is 38.5 Å². The molecule has 0 spiro atoms. The predicted molar refractivity (Wildman–Crippen MR) is 75.6 cm³/mol. The van der Waals surface area contributed by atoms with E-state index in [4.69, 9.17) is 15.7 Å². The molecule has 0 aliphatic rings. The zero-order chi connectivity index (χ0) is 14.5. The molecule has 2 N–H and O–H groups in total. The van der Waals surface area contributed by atoms with Crippen LogP contribution in [0.2, 0.25) is 0 Å². The highest BCUT2D eigenvalue weighted by molar-refractivity contribution is 8.00. The Morgan fingerprint density at radius 3 is 2.68 bits per heavy atom. The molecular formula is C14H18N2O2S. The molecule has 0 fully saturated rings. The fraction of sp³-hybridized carbons (Fsp3) is 0.429. The molecular weight excluding hydrogens is 260 g/mol. The number of hydrogen-bond donors (Lipinski definition) is 1. The molecule has 0 radical (unpaired) electrons. The van der Waals surface area contributed by atoms with E-state index in [0.29, 0.717) is 12.1 Å². The van der Waals surface area contributed by atoms with E-state index in [2.05, 4.69) is 6.07 Å². The van der Waals surface area contributed by atoms with E-state index in [1.165, 1.54) is 11.8 Å². The van der Waals surface area contributed by atoms with Crippen molar-refractivity contribution in [2.24, 2.45) is 5.73 Å². The standard InChI is InChI=1S/C14H18N2O2S/c1-14(2,3)18-13(17)9-19-12-5-4-10(7-15)6-11(12)8-16/h4-6H,7,9,15H2,1-3H3. The van der Waals surface area contributed by atoms with Crippen LogP contribution in [0.25, 0.3) is 0 Å². The molecule has 5 heteroatoms. The Morgan fingerprint density at radius 1 is 1.47 bits per heavy atom. The van der Waals surface area contributed by atoms with Crippen LogP contribution >= 0.6 is 11.8 Å². The van der Waals surface area contributed by atoms with E-state index in [1.54, 1.807) is 6.07 Å². The molecule has 0 saturated heterocycles. The van der Waals surface area contributed by atoms with Gasteiger partial charge in [0.25, 0.3) is 0 Å². The van der Waals surface area contributed by atoms with Crippen molar-refractivity contribution in [2.45, 2.75) is 37.8 Å². The predicted octanol–water partition coefficient (Wildman–Crippen LogP) is 2.45. The average molecular weight is 278 g/mol. The first-order valence-electron chi connectivity index (χ1n) is 5.93. The molecule has 1 aromatic rings. The van der Waals surface area contributed by atoms with Gasteiger partial charge in [0.15, 0.2) is 0 Å². The van der Waals surface area contributed by atoms with E-state index in [-0.39, 0.29) is 11.7 Å². The largest absolute Gasteiger partial charge is 0.459 e. The van der Waals surface area contributed by atoms with Crippen molar-refractivity contribution in [3.63, 3.8) is 0 Å². The summed E-state index contributed by atoms with van der Waals surface area (Å²) in [6, 6.07) is 7.54. The Labute approximate surface area is 117 Å². The van der Waals surface area contributed by atoms with E-state index in [1.807, 2.05) is 32.9 Å². The van der Waals surface area contributed by atoms with Gasteiger partial charge < -0.3 is 10.5 Å². The first-order chi connectivity index (χ1) is 8.85. The molecule has 0 aliphatic carbocycles. The average Bonchev–Trinajstić information content (AvgIpc) is 2.34. The van der Waals surface area contributed by atoms with E-state index < -0.39 is 5.60 Å². The van der Waals surface area contributed by atoms with Crippen LogP contribution in [-0.2, 0) is 16.1 Å². The number of nitrogens with zero attached hydrogens (tertiary/aromatic N) is 1.